The topological polar surface area (TPSA) is 43.4 Å². The van der Waals surface area contributed by atoms with E-state index < -0.39 is 10.1 Å². The zero-order valence-electron chi connectivity index (χ0n) is 10.2. The van der Waals surface area contributed by atoms with Crippen molar-refractivity contribution in [2.45, 2.75) is 26.5 Å². The van der Waals surface area contributed by atoms with Gasteiger partial charge in [0, 0.05) is 4.47 Å². The molecule has 0 heterocycles. The van der Waals surface area contributed by atoms with Crippen LogP contribution in [0.5, 0.6) is 0 Å². The number of halogens is 1. The van der Waals surface area contributed by atoms with Crippen molar-refractivity contribution in [1.82, 2.24) is 0 Å². The summed E-state index contributed by atoms with van der Waals surface area (Å²) in [5.41, 5.74) is 0.554. The fourth-order valence-corrected chi connectivity index (χ4v) is 2.79. The van der Waals surface area contributed by atoms with Crippen LogP contribution in [0.4, 0.5) is 0 Å². The van der Waals surface area contributed by atoms with Crippen LogP contribution in [0.1, 0.15) is 26.3 Å². The summed E-state index contributed by atoms with van der Waals surface area (Å²) in [6.45, 7) is 5.99. The Morgan fingerprint density at radius 1 is 1.29 bits per heavy atom. The first-order valence-electron chi connectivity index (χ1n) is 5.29. The van der Waals surface area contributed by atoms with Crippen LogP contribution in [0, 0.1) is 5.41 Å². The van der Waals surface area contributed by atoms with Crippen molar-refractivity contribution < 1.29 is 12.6 Å². The molecule has 0 aliphatic carbocycles. The van der Waals surface area contributed by atoms with Crippen LogP contribution < -0.4 is 0 Å². The second-order valence-electron chi connectivity index (χ2n) is 5.15. The van der Waals surface area contributed by atoms with Crippen molar-refractivity contribution in [2.24, 2.45) is 5.41 Å². The van der Waals surface area contributed by atoms with Gasteiger partial charge >= 0.3 is 0 Å². The van der Waals surface area contributed by atoms with Gasteiger partial charge in [-0.05, 0) is 23.1 Å². The largest absolute Gasteiger partial charge is 0.271 e. The lowest BCUT2D eigenvalue weighted by Crippen LogP contribution is -2.19. The van der Waals surface area contributed by atoms with Gasteiger partial charge in [-0.1, -0.05) is 48.8 Å². The Morgan fingerprint density at radius 2 is 1.94 bits per heavy atom. The van der Waals surface area contributed by atoms with E-state index in [0.29, 0.717) is 5.56 Å². The predicted octanol–water partition coefficient (Wildman–Crippen LogP) is 3.34. The van der Waals surface area contributed by atoms with E-state index in [4.69, 9.17) is 4.18 Å². The summed E-state index contributed by atoms with van der Waals surface area (Å²) in [4.78, 5) is 0. The molecule has 0 atom stereocenters. The molecule has 1 rings (SSSR count). The smallest absolute Gasteiger partial charge is 0.269 e. The van der Waals surface area contributed by atoms with Crippen LogP contribution in [0.15, 0.2) is 28.7 Å². The van der Waals surface area contributed by atoms with Gasteiger partial charge in [0.2, 0.25) is 0 Å². The quantitative estimate of drug-likeness (QED) is 0.799. The Labute approximate surface area is 111 Å². The van der Waals surface area contributed by atoms with Gasteiger partial charge in [-0.3, -0.25) is 4.18 Å². The molecule has 3 nitrogen and oxygen atoms in total. The predicted molar refractivity (Wildman–Crippen MR) is 72.2 cm³/mol. The van der Waals surface area contributed by atoms with E-state index in [1.807, 2.05) is 26.8 Å². The van der Waals surface area contributed by atoms with E-state index in [2.05, 4.69) is 15.9 Å². The summed E-state index contributed by atoms with van der Waals surface area (Å²) in [5.74, 6) is -0.0947. The Balaban J connectivity index is 2.67. The highest BCUT2D eigenvalue weighted by molar-refractivity contribution is 9.10. The summed E-state index contributed by atoms with van der Waals surface area (Å²) in [6.07, 6.45) is 0. The molecule has 1 aromatic rings. The Morgan fingerprint density at radius 3 is 2.47 bits per heavy atom. The summed E-state index contributed by atoms with van der Waals surface area (Å²) in [6, 6.07) is 7.20. The van der Waals surface area contributed by atoms with Gasteiger partial charge in [-0.25, -0.2) is 0 Å². The normalized spacial score (nSPS) is 12.7. The van der Waals surface area contributed by atoms with E-state index in [9.17, 15) is 8.42 Å². The van der Waals surface area contributed by atoms with Crippen molar-refractivity contribution in [3.05, 3.63) is 34.3 Å². The molecule has 0 spiro atoms. The maximum Gasteiger partial charge on any atom is 0.271 e. The number of hydrogen-bond acceptors (Lipinski definition) is 3. The summed E-state index contributed by atoms with van der Waals surface area (Å²) in [5, 5.41) is 0. The molecule has 5 heteroatoms. The third-order valence-corrected chi connectivity index (χ3v) is 3.56. The standard InChI is InChI=1S/C12H17BrO3S/c1-12(2,3)9-16-17(14,15)8-10-5-4-6-11(13)7-10/h4-7H,8-9H2,1-3H3. The second kappa shape index (κ2) is 5.50. The van der Waals surface area contributed by atoms with Gasteiger partial charge in [0.1, 0.15) is 5.75 Å². The molecule has 0 saturated carbocycles. The third kappa shape index (κ3) is 6.19. The summed E-state index contributed by atoms with van der Waals surface area (Å²) < 4.78 is 29.3. The molecule has 96 valence electrons. The maximum atomic E-state index is 11.7. The van der Waals surface area contributed by atoms with E-state index >= 15 is 0 Å². The zero-order chi connectivity index (χ0) is 13.1. The van der Waals surface area contributed by atoms with Crippen molar-refractivity contribution in [3.8, 4) is 0 Å². The lowest BCUT2D eigenvalue weighted by molar-refractivity contribution is 0.203. The molecular weight excluding hydrogens is 304 g/mol. The first-order valence-corrected chi connectivity index (χ1v) is 7.67. The highest BCUT2D eigenvalue weighted by atomic mass is 79.9. The number of benzene rings is 1. The average Bonchev–Trinajstić information content (AvgIpc) is 2.13. The first kappa shape index (κ1) is 14.7. The molecular formula is C12H17BrO3S. The molecule has 0 amide bonds. The molecule has 0 N–H and O–H groups in total. The van der Waals surface area contributed by atoms with Crippen LogP contribution >= 0.6 is 15.9 Å². The van der Waals surface area contributed by atoms with Crippen LogP contribution in [0.2, 0.25) is 0 Å². The Kier molecular flexibility index (Phi) is 4.75. The van der Waals surface area contributed by atoms with Crippen LogP contribution in [-0.2, 0) is 20.1 Å². The zero-order valence-corrected chi connectivity index (χ0v) is 12.6. The van der Waals surface area contributed by atoms with Gasteiger partial charge in [0.05, 0.1) is 6.61 Å². The van der Waals surface area contributed by atoms with E-state index in [1.165, 1.54) is 0 Å². The van der Waals surface area contributed by atoms with Gasteiger partial charge < -0.3 is 0 Å². The van der Waals surface area contributed by atoms with Crippen LogP contribution in [0.3, 0.4) is 0 Å². The third-order valence-electron chi connectivity index (χ3n) is 1.90. The molecule has 0 aliphatic rings. The molecule has 17 heavy (non-hydrogen) atoms. The SMILES string of the molecule is CC(C)(C)COS(=O)(=O)Cc1cccc(Br)c1. The highest BCUT2D eigenvalue weighted by Crippen LogP contribution is 2.18. The Hall–Kier alpha value is -0.390. The molecule has 1 aromatic carbocycles. The minimum Gasteiger partial charge on any atom is -0.269 e. The molecule has 0 fully saturated rings. The molecule has 0 aromatic heterocycles. The maximum absolute atomic E-state index is 11.7. The minimum absolute atomic E-state index is 0.0947. The van der Waals surface area contributed by atoms with E-state index in [1.54, 1.807) is 18.2 Å². The first-order chi connectivity index (χ1) is 7.68. The van der Waals surface area contributed by atoms with Gasteiger partial charge in [0.15, 0.2) is 0 Å². The van der Waals surface area contributed by atoms with Crippen molar-refractivity contribution >= 4 is 26.0 Å². The highest BCUT2D eigenvalue weighted by Gasteiger charge is 2.18. The van der Waals surface area contributed by atoms with Crippen LogP contribution in [0.25, 0.3) is 0 Å². The lowest BCUT2D eigenvalue weighted by Gasteiger charge is -2.17. The van der Waals surface area contributed by atoms with Gasteiger partial charge in [0.25, 0.3) is 10.1 Å². The lowest BCUT2D eigenvalue weighted by atomic mass is 9.99. The van der Waals surface area contributed by atoms with E-state index in [-0.39, 0.29) is 17.8 Å². The fourth-order valence-electron chi connectivity index (χ4n) is 1.14. The average molecular weight is 321 g/mol. The monoisotopic (exact) mass is 320 g/mol. The molecule has 0 unspecified atom stereocenters. The van der Waals surface area contributed by atoms with Gasteiger partial charge in [-0.15, -0.1) is 0 Å². The van der Waals surface area contributed by atoms with E-state index in [0.717, 1.165) is 4.47 Å². The molecule has 0 radical (unpaired) electrons. The number of hydrogen-bond donors (Lipinski definition) is 0. The molecule has 0 saturated heterocycles. The number of rotatable bonds is 4. The fraction of sp³-hybridized carbons (Fsp3) is 0.500. The minimum atomic E-state index is -3.51. The summed E-state index contributed by atoms with van der Waals surface area (Å²) >= 11 is 3.30. The van der Waals surface area contributed by atoms with Gasteiger partial charge in [-0.2, -0.15) is 8.42 Å². The summed E-state index contributed by atoms with van der Waals surface area (Å²) in [7, 11) is -3.51. The Bertz CT molecular complexity index is 475. The second-order valence-corrected chi connectivity index (χ2v) is 7.71. The molecule has 0 bridgehead atoms. The van der Waals surface area contributed by atoms with Crippen molar-refractivity contribution in [3.63, 3.8) is 0 Å². The van der Waals surface area contributed by atoms with Crippen LogP contribution in [-0.4, -0.2) is 15.0 Å². The molecule has 0 aliphatic heterocycles. The van der Waals surface area contributed by atoms with Crippen molar-refractivity contribution in [2.75, 3.05) is 6.61 Å². The van der Waals surface area contributed by atoms with Crippen molar-refractivity contribution in [1.29, 1.82) is 0 Å².